The summed E-state index contributed by atoms with van der Waals surface area (Å²) in [4.78, 5) is 14.9. The minimum absolute atomic E-state index is 0. The SMILES string of the molecule is CCN(C(=O)c1ccccc1Oc1ccccc1)C1CCNC1.Cl. The van der Waals surface area contributed by atoms with Gasteiger partial charge in [-0.3, -0.25) is 4.79 Å². The van der Waals surface area contributed by atoms with Crippen LogP contribution in [0.15, 0.2) is 54.6 Å². The monoisotopic (exact) mass is 346 g/mol. The summed E-state index contributed by atoms with van der Waals surface area (Å²) >= 11 is 0. The van der Waals surface area contributed by atoms with Crippen molar-refractivity contribution in [1.29, 1.82) is 0 Å². The lowest BCUT2D eigenvalue weighted by atomic mass is 10.1. The molecular formula is C19H23ClN2O2. The van der Waals surface area contributed by atoms with E-state index >= 15 is 0 Å². The Labute approximate surface area is 149 Å². The Morgan fingerprint density at radius 3 is 2.54 bits per heavy atom. The number of nitrogens with zero attached hydrogens (tertiary/aromatic N) is 1. The molecule has 1 aliphatic rings. The fourth-order valence-electron chi connectivity index (χ4n) is 2.98. The number of carbonyl (C=O) groups excluding carboxylic acids is 1. The maximum absolute atomic E-state index is 13.0. The molecule has 1 aliphatic heterocycles. The zero-order valence-electron chi connectivity index (χ0n) is 13.8. The summed E-state index contributed by atoms with van der Waals surface area (Å²) < 4.78 is 5.92. The quantitative estimate of drug-likeness (QED) is 0.897. The number of hydrogen-bond donors (Lipinski definition) is 1. The standard InChI is InChI=1S/C19H22N2O2.ClH/c1-2-21(15-12-13-20-14-15)19(22)17-10-6-7-11-18(17)23-16-8-4-3-5-9-16;/h3-11,15,20H,2,12-14H2,1H3;1H. The van der Waals surface area contributed by atoms with Crippen LogP contribution in [0.1, 0.15) is 23.7 Å². The van der Waals surface area contributed by atoms with Gasteiger partial charge in [-0.2, -0.15) is 0 Å². The highest BCUT2D eigenvalue weighted by Crippen LogP contribution is 2.27. The third kappa shape index (κ3) is 4.08. The van der Waals surface area contributed by atoms with Gasteiger partial charge in [0.05, 0.1) is 5.56 Å². The lowest BCUT2D eigenvalue weighted by Gasteiger charge is -2.28. The molecule has 0 saturated carbocycles. The highest BCUT2D eigenvalue weighted by Gasteiger charge is 2.27. The third-order valence-electron chi connectivity index (χ3n) is 4.17. The molecule has 5 heteroatoms. The van der Waals surface area contributed by atoms with Crippen molar-refractivity contribution in [3.05, 3.63) is 60.2 Å². The molecule has 128 valence electrons. The van der Waals surface area contributed by atoms with E-state index < -0.39 is 0 Å². The van der Waals surface area contributed by atoms with Crippen LogP contribution in [0.3, 0.4) is 0 Å². The second kappa shape index (κ2) is 8.71. The summed E-state index contributed by atoms with van der Waals surface area (Å²) in [7, 11) is 0. The Hall–Kier alpha value is -2.04. The lowest BCUT2D eigenvalue weighted by molar-refractivity contribution is 0.0701. The summed E-state index contributed by atoms with van der Waals surface area (Å²) in [5.41, 5.74) is 0.616. The van der Waals surface area contributed by atoms with Gasteiger partial charge in [0.2, 0.25) is 0 Å². The first-order chi connectivity index (χ1) is 11.3. The first kappa shape index (κ1) is 18.3. The van der Waals surface area contributed by atoms with E-state index in [2.05, 4.69) is 5.32 Å². The molecule has 0 aromatic heterocycles. The molecule has 1 N–H and O–H groups in total. The predicted molar refractivity (Wildman–Crippen MR) is 98.2 cm³/mol. The molecule has 0 aliphatic carbocycles. The van der Waals surface area contributed by atoms with Crippen LogP contribution in [0, 0.1) is 0 Å². The molecule has 0 spiro atoms. The molecule has 2 aromatic rings. The number of likely N-dealkylation sites (N-methyl/N-ethyl adjacent to an activating group) is 1. The first-order valence-electron chi connectivity index (χ1n) is 8.13. The van der Waals surface area contributed by atoms with Crippen LogP contribution in [0.5, 0.6) is 11.5 Å². The molecule has 0 bridgehead atoms. The van der Waals surface area contributed by atoms with Crippen LogP contribution < -0.4 is 10.1 Å². The third-order valence-corrected chi connectivity index (χ3v) is 4.17. The van der Waals surface area contributed by atoms with Gasteiger partial charge in [-0.15, -0.1) is 12.4 Å². The molecular weight excluding hydrogens is 324 g/mol. The number of halogens is 1. The molecule has 1 unspecified atom stereocenters. The number of nitrogens with one attached hydrogen (secondary N) is 1. The number of benzene rings is 2. The predicted octanol–water partition coefficient (Wildman–Crippen LogP) is 3.72. The van der Waals surface area contributed by atoms with Gasteiger partial charge in [-0.1, -0.05) is 30.3 Å². The highest BCUT2D eigenvalue weighted by molar-refractivity contribution is 5.97. The largest absolute Gasteiger partial charge is 0.457 e. The van der Waals surface area contributed by atoms with Crippen molar-refractivity contribution >= 4 is 18.3 Å². The number of ether oxygens (including phenoxy) is 1. The van der Waals surface area contributed by atoms with E-state index in [-0.39, 0.29) is 24.4 Å². The van der Waals surface area contributed by atoms with Crippen molar-refractivity contribution in [3.63, 3.8) is 0 Å². The van der Waals surface area contributed by atoms with Crippen LogP contribution in [0.4, 0.5) is 0 Å². The summed E-state index contributed by atoms with van der Waals surface area (Å²) in [5.74, 6) is 1.37. The van der Waals surface area contributed by atoms with E-state index in [1.165, 1.54) is 0 Å². The summed E-state index contributed by atoms with van der Waals surface area (Å²) in [6.45, 7) is 4.56. The van der Waals surface area contributed by atoms with Crippen LogP contribution in [-0.2, 0) is 0 Å². The van der Waals surface area contributed by atoms with E-state index in [0.29, 0.717) is 17.9 Å². The number of para-hydroxylation sites is 2. The average Bonchev–Trinajstić information content (AvgIpc) is 3.11. The van der Waals surface area contributed by atoms with Gasteiger partial charge in [0, 0.05) is 19.1 Å². The van der Waals surface area contributed by atoms with Gasteiger partial charge in [0.15, 0.2) is 0 Å². The molecule has 1 amide bonds. The zero-order valence-corrected chi connectivity index (χ0v) is 14.6. The van der Waals surface area contributed by atoms with Crippen molar-refractivity contribution in [2.45, 2.75) is 19.4 Å². The van der Waals surface area contributed by atoms with E-state index in [0.717, 1.165) is 25.3 Å². The smallest absolute Gasteiger partial charge is 0.257 e. The molecule has 1 saturated heterocycles. The van der Waals surface area contributed by atoms with Crippen LogP contribution in [0.2, 0.25) is 0 Å². The Kier molecular flexibility index (Phi) is 6.64. The maximum Gasteiger partial charge on any atom is 0.257 e. The average molecular weight is 347 g/mol. The van der Waals surface area contributed by atoms with E-state index in [1.807, 2.05) is 66.4 Å². The second-order valence-corrected chi connectivity index (χ2v) is 5.65. The van der Waals surface area contributed by atoms with Crippen molar-refractivity contribution in [2.24, 2.45) is 0 Å². The molecule has 4 nitrogen and oxygen atoms in total. The minimum atomic E-state index is 0. The fraction of sp³-hybridized carbons (Fsp3) is 0.316. The second-order valence-electron chi connectivity index (χ2n) is 5.65. The Morgan fingerprint density at radius 2 is 1.88 bits per heavy atom. The molecule has 3 rings (SSSR count). The zero-order chi connectivity index (χ0) is 16.1. The molecule has 0 radical (unpaired) electrons. The molecule has 2 aromatic carbocycles. The minimum Gasteiger partial charge on any atom is -0.457 e. The number of hydrogen-bond acceptors (Lipinski definition) is 3. The van der Waals surface area contributed by atoms with Gasteiger partial charge >= 0.3 is 0 Å². The van der Waals surface area contributed by atoms with Gasteiger partial charge < -0.3 is 15.0 Å². The Balaban J connectivity index is 0.00000208. The molecule has 24 heavy (non-hydrogen) atoms. The van der Waals surface area contributed by atoms with Crippen molar-refractivity contribution in [2.75, 3.05) is 19.6 Å². The Morgan fingerprint density at radius 1 is 1.17 bits per heavy atom. The lowest BCUT2D eigenvalue weighted by Crippen LogP contribution is -2.41. The molecule has 1 fully saturated rings. The van der Waals surface area contributed by atoms with Gasteiger partial charge in [0.1, 0.15) is 11.5 Å². The highest BCUT2D eigenvalue weighted by atomic mass is 35.5. The summed E-state index contributed by atoms with van der Waals surface area (Å²) in [6.07, 6.45) is 1.00. The molecule has 1 heterocycles. The van der Waals surface area contributed by atoms with E-state index in [1.54, 1.807) is 0 Å². The molecule has 1 atom stereocenters. The maximum atomic E-state index is 13.0. The number of amides is 1. The number of carbonyl (C=O) groups is 1. The van der Waals surface area contributed by atoms with Crippen molar-refractivity contribution in [3.8, 4) is 11.5 Å². The summed E-state index contributed by atoms with van der Waals surface area (Å²) in [5, 5.41) is 3.32. The van der Waals surface area contributed by atoms with Gasteiger partial charge in [0.25, 0.3) is 5.91 Å². The normalized spacial score (nSPS) is 16.3. The van der Waals surface area contributed by atoms with Crippen LogP contribution in [0.25, 0.3) is 0 Å². The van der Waals surface area contributed by atoms with Crippen LogP contribution in [-0.4, -0.2) is 36.5 Å². The van der Waals surface area contributed by atoms with Gasteiger partial charge in [-0.25, -0.2) is 0 Å². The van der Waals surface area contributed by atoms with Gasteiger partial charge in [-0.05, 0) is 44.2 Å². The first-order valence-corrected chi connectivity index (χ1v) is 8.13. The van der Waals surface area contributed by atoms with Crippen molar-refractivity contribution < 1.29 is 9.53 Å². The fourth-order valence-corrected chi connectivity index (χ4v) is 2.98. The van der Waals surface area contributed by atoms with Crippen molar-refractivity contribution in [1.82, 2.24) is 10.2 Å². The topological polar surface area (TPSA) is 41.6 Å². The summed E-state index contributed by atoms with van der Waals surface area (Å²) in [6, 6.07) is 17.3. The van der Waals surface area contributed by atoms with E-state index in [4.69, 9.17) is 4.74 Å². The Bertz CT molecular complexity index is 657. The number of rotatable bonds is 5. The van der Waals surface area contributed by atoms with Crippen LogP contribution >= 0.6 is 12.4 Å². The van der Waals surface area contributed by atoms with E-state index in [9.17, 15) is 4.79 Å².